The monoisotopic (exact) mass is 280 g/mol. The van der Waals surface area contributed by atoms with Crippen molar-refractivity contribution in [2.45, 2.75) is 25.8 Å². The zero-order chi connectivity index (χ0) is 14.0. The molecular formula is C12H16N4O2S. The number of nitrogens with one attached hydrogen (secondary N) is 1. The van der Waals surface area contributed by atoms with E-state index in [-0.39, 0.29) is 12.5 Å². The van der Waals surface area contributed by atoms with Crippen LogP contribution in [0.1, 0.15) is 29.9 Å². The van der Waals surface area contributed by atoms with Crippen molar-refractivity contribution < 1.29 is 9.90 Å². The molecule has 4 N–H and O–H groups in total. The van der Waals surface area contributed by atoms with Crippen LogP contribution in [0.15, 0.2) is 12.3 Å². The molecule has 0 unspecified atom stereocenters. The first-order valence-electron chi connectivity index (χ1n) is 5.87. The van der Waals surface area contributed by atoms with Gasteiger partial charge in [-0.15, -0.1) is 16.4 Å². The summed E-state index contributed by atoms with van der Waals surface area (Å²) in [6.07, 6.45) is 2.02. The number of aromatic nitrogens is 2. The van der Waals surface area contributed by atoms with Gasteiger partial charge < -0.3 is 16.2 Å². The number of hydrogen-bond acceptors (Lipinski definition) is 6. The summed E-state index contributed by atoms with van der Waals surface area (Å²) >= 11 is 1.22. The normalized spacial score (nSPS) is 11.7. The van der Waals surface area contributed by atoms with E-state index in [2.05, 4.69) is 15.5 Å². The van der Waals surface area contributed by atoms with E-state index in [1.165, 1.54) is 11.3 Å². The van der Waals surface area contributed by atoms with Crippen molar-refractivity contribution in [2.24, 2.45) is 0 Å². The van der Waals surface area contributed by atoms with Crippen LogP contribution in [0.25, 0.3) is 10.2 Å². The van der Waals surface area contributed by atoms with Crippen molar-refractivity contribution in [2.75, 3.05) is 12.3 Å². The average Bonchev–Trinajstić information content (AvgIpc) is 2.67. The van der Waals surface area contributed by atoms with Gasteiger partial charge in [0.2, 0.25) is 0 Å². The van der Waals surface area contributed by atoms with E-state index in [1.807, 2.05) is 13.8 Å². The molecule has 6 nitrogen and oxygen atoms in total. The summed E-state index contributed by atoms with van der Waals surface area (Å²) in [5.74, 6) is -0.251. The van der Waals surface area contributed by atoms with Crippen LogP contribution in [0.4, 0.5) is 5.69 Å². The molecule has 0 aliphatic heterocycles. The molecule has 2 aromatic rings. The van der Waals surface area contributed by atoms with E-state index >= 15 is 0 Å². The van der Waals surface area contributed by atoms with Gasteiger partial charge in [0.25, 0.3) is 5.91 Å². The number of nitrogens with two attached hydrogens (primary N) is 1. The van der Waals surface area contributed by atoms with E-state index in [0.717, 1.165) is 5.39 Å². The van der Waals surface area contributed by atoms with E-state index in [9.17, 15) is 4.79 Å². The molecule has 0 aliphatic rings. The molecule has 1 amide bonds. The van der Waals surface area contributed by atoms with E-state index in [4.69, 9.17) is 10.8 Å². The molecule has 0 saturated carbocycles. The van der Waals surface area contributed by atoms with Gasteiger partial charge in [0.05, 0.1) is 11.9 Å². The predicted octanol–water partition coefficient (Wildman–Crippen LogP) is 1.16. The van der Waals surface area contributed by atoms with E-state index < -0.39 is 5.54 Å². The summed E-state index contributed by atoms with van der Waals surface area (Å²) < 4.78 is 0. The topological polar surface area (TPSA) is 101 Å². The molecule has 102 valence electrons. The van der Waals surface area contributed by atoms with Crippen LogP contribution in [-0.2, 0) is 0 Å². The van der Waals surface area contributed by atoms with Gasteiger partial charge in [-0.2, -0.15) is 5.10 Å². The lowest BCUT2D eigenvalue weighted by molar-refractivity contribution is 0.0904. The minimum absolute atomic E-state index is 0.0145. The quantitative estimate of drug-likeness (QED) is 0.780. The fraction of sp³-hybridized carbons (Fsp3) is 0.417. The van der Waals surface area contributed by atoms with Crippen molar-refractivity contribution >= 4 is 33.1 Å². The van der Waals surface area contributed by atoms with Crippen LogP contribution in [0.2, 0.25) is 0 Å². The molecule has 2 heterocycles. The number of rotatable bonds is 4. The number of carbonyl (C=O) groups is 1. The number of thiophene rings is 1. The van der Waals surface area contributed by atoms with Crippen molar-refractivity contribution in [1.82, 2.24) is 15.5 Å². The Morgan fingerprint density at radius 3 is 2.95 bits per heavy atom. The Morgan fingerprint density at radius 2 is 2.32 bits per heavy atom. The number of fused-ring (bicyclic) bond motifs is 1. The lowest BCUT2D eigenvalue weighted by Gasteiger charge is -2.25. The van der Waals surface area contributed by atoms with Crippen LogP contribution >= 0.6 is 11.3 Å². The Morgan fingerprint density at radius 1 is 1.58 bits per heavy atom. The van der Waals surface area contributed by atoms with Crippen LogP contribution < -0.4 is 11.1 Å². The molecule has 0 spiro atoms. The number of amides is 1. The summed E-state index contributed by atoms with van der Waals surface area (Å²) in [6.45, 7) is 3.72. The number of nitrogens with zero attached hydrogens (tertiary/aromatic N) is 2. The molecule has 0 radical (unpaired) electrons. The van der Waals surface area contributed by atoms with E-state index in [0.29, 0.717) is 21.8 Å². The summed E-state index contributed by atoms with van der Waals surface area (Å²) in [7, 11) is 0. The Hall–Kier alpha value is -1.73. The molecular weight excluding hydrogens is 264 g/mol. The van der Waals surface area contributed by atoms with Gasteiger partial charge in [-0.3, -0.25) is 4.79 Å². The van der Waals surface area contributed by atoms with Gasteiger partial charge >= 0.3 is 0 Å². The smallest absolute Gasteiger partial charge is 0.263 e. The Balaban J connectivity index is 2.29. The number of aliphatic hydroxyl groups is 1. The second-order valence-electron chi connectivity index (χ2n) is 4.91. The maximum atomic E-state index is 12.2. The zero-order valence-corrected chi connectivity index (χ0v) is 11.6. The molecule has 2 aromatic heterocycles. The molecule has 0 atom stereocenters. The molecule has 0 bridgehead atoms. The lowest BCUT2D eigenvalue weighted by atomic mass is 10.0. The number of anilines is 1. The highest BCUT2D eigenvalue weighted by Crippen LogP contribution is 2.31. The molecule has 7 heteroatoms. The van der Waals surface area contributed by atoms with Crippen molar-refractivity contribution in [1.29, 1.82) is 0 Å². The fourth-order valence-corrected chi connectivity index (χ4v) is 2.68. The largest absolute Gasteiger partial charge is 0.397 e. The number of aliphatic hydroxyl groups excluding tert-OH is 1. The highest BCUT2D eigenvalue weighted by molar-refractivity contribution is 7.21. The number of nitrogen functional groups attached to an aromatic ring is 1. The minimum Gasteiger partial charge on any atom is -0.397 e. The van der Waals surface area contributed by atoms with Crippen molar-refractivity contribution in [3.8, 4) is 0 Å². The maximum absolute atomic E-state index is 12.2. The first-order chi connectivity index (χ1) is 8.94. The van der Waals surface area contributed by atoms with Gasteiger partial charge in [0.1, 0.15) is 9.71 Å². The molecule has 0 fully saturated rings. The van der Waals surface area contributed by atoms with Crippen molar-refractivity contribution in [3.63, 3.8) is 0 Å². The van der Waals surface area contributed by atoms with Crippen LogP contribution in [0.3, 0.4) is 0 Å². The number of carbonyl (C=O) groups excluding carboxylic acids is 1. The minimum atomic E-state index is -0.486. The second-order valence-corrected chi connectivity index (χ2v) is 5.91. The Kier molecular flexibility index (Phi) is 3.68. The first-order valence-corrected chi connectivity index (χ1v) is 6.69. The molecule has 2 rings (SSSR count). The molecule has 0 saturated heterocycles. The second kappa shape index (κ2) is 5.10. The van der Waals surface area contributed by atoms with E-state index in [1.54, 1.807) is 12.3 Å². The summed E-state index contributed by atoms with van der Waals surface area (Å²) in [6, 6.07) is 1.74. The highest BCUT2D eigenvalue weighted by Gasteiger charge is 2.24. The summed E-state index contributed by atoms with van der Waals surface area (Å²) in [5.41, 5.74) is 5.90. The van der Waals surface area contributed by atoms with Gasteiger partial charge in [-0.05, 0) is 26.3 Å². The molecule has 19 heavy (non-hydrogen) atoms. The first kappa shape index (κ1) is 13.7. The SMILES string of the molecule is CC(C)(CCO)NC(=O)c1sc2nnccc2c1N. The van der Waals surface area contributed by atoms with Crippen LogP contribution in [-0.4, -0.2) is 33.4 Å². The third-order valence-corrected chi connectivity index (χ3v) is 3.92. The lowest BCUT2D eigenvalue weighted by Crippen LogP contribution is -2.43. The molecule has 0 aromatic carbocycles. The van der Waals surface area contributed by atoms with Crippen LogP contribution in [0.5, 0.6) is 0 Å². The fourth-order valence-electron chi connectivity index (χ4n) is 1.75. The highest BCUT2D eigenvalue weighted by atomic mass is 32.1. The third kappa shape index (κ3) is 2.82. The Bertz CT molecular complexity index is 609. The number of hydrogen-bond donors (Lipinski definition) is 3. The van der Waals surface area contributed by atoms with Gasteiger partial charge in [-0.25, -0.2) is 0 Å². The predicted molar refractivity (Wildman–Crippen MR) is 75.1 cm³/mol. The zero-order valence-electron chi connectivity index (χ0n) is 10.8. The van der Waals surface area contributed by atoms with Gasteiger partial charge in [0, 0.05) is 17.5 Å². The van der Waals surface area contributed by atoms with Gasteiger partial charge in [-0.1, -0.05) is 0 Å². The third-order valence-electron chi connectivity index (χ3n) is 2.82. The Labute approximate surface area is 114 Å². The maximum Gasteiger partial charge on any atom is 0.263 e. The summed E-state index contributed by atoms with van der Waals surface area (Å²) in [5, 5.41) is 20.3. The van der Waals surface area contributed by atoms with Crippen molar-refractivity contribution in [3.05, 3.63) is 17.1 Å². The van der Waals surface area contributed by atoms with Crippen LogP contribution in [0, 0.1) is 0 Å². The molecule has 0 aliphatic carbocycles. The average molecular weight is 280 g/mol. The van der Waals surface area contributed by atoms with Gasteiger partial charge in [0.15, 0.2) is 0 Å². The standard InChI is InChI=1S/C12H16N4O2S/c1-12(2,4-6-17)15-10(18)9-8(13)7-3-5-14-16-11(7)19-9/h3,5,17H,4,6,13H2,1-2H3,(H,15,18). The summed E-state index contributed by atoms with van der Waals surface area (Å²) in [4.78, 5) is 13.3.